The number of nitrogens with one attached hydrogen (secondary N) is 2. The highest BCUT2D eigenvalue weighted by molar-refractivity contribution is 6.05. The molecule has 0 spiro atoms. The maximum atomic E-state index is 12.9. The molecule has 0 aliphatic heterocycles. The van der Waals surface area contributed by atoms with Crippen LogP contribution in [0.3, 0.4) is 0 Å². The molecule has 0 aromatic heterocycles. The Hall–Kier alpha value is -2.95. The number of rotatable bonds is 4. The molecule has 4 nitrogen and oxygen atoms in total. The Morgan fingerprint density at radius 3 is 2.23 bits per heavy atom. The van der Waals surface area contributed by atoms with Crippen LogP contribution in [0.5, 0.6) is 0 Å². The van der Waals surface area contributed by atoms with Gasteiger partial charge in [-0.3, -0.25) is 9.59 Å². The summed E-state index contributed by atoms with van der Waals surface area (Å²) in [6, 6.07) is 14.2. The van der Waals surface area contributed by atoms with Gasteiger partial charge in [-0.2, -0.15) is 0 Å². The molecule has 2 rings (SSSR count). The van der Waals surface area contributed by atoms with Gasteiger partial charge >= 0.3 is 0 Å². The van der Waals surface area contributed by atoms with Gasteiger partial charge in [0.2, 0.25) is 0 Å². The summed E-state index contributed by atoms with van der Waals surface area (Å²) >= 11 is 0. The Balaban J connectivity index is 2.25. The number of likely N-dealkylation sites (N-methyl/N-ethyl adjacent to an activating group) is 1. The molecule has 0 unspecified atom stereocenters. The Morgan fingerprint density at radius 1 is 1.00 bits per heavy atom. The molecule has 0 radical (unpaired) electrons. The van der Waals surface area contributed by atoms with Gasteiger partial charge in [-0.1, -0.05) is 30.3 Å². The molecule has 5 heteroatoms. The standard InChI is InChI=1S/C17H15FN2O2/c1-19-17(22)15(11-12-7-9-14(18)10-8-12)20-16(21)13-5-3-2-4-6-13/h2-11H,1H3,(H,19,22)(H,20,21)/b15-11+. The summed E-state index contributed by atoms with van der Waals surface area (Å²) in [5.41, 5.74) is 1.13. The molecule has 0 saturated heterocycles. The summed E-state index contributed by atoms with van der Waals surface area (Å²) < 4.78 is 12.9. The number of carbonyl (C=O) groups is 2. The van der Waals surface area contributed by atoms with Crippen molar-refractivity contribution >= 4 is 17.9 Å². The van der Waals surface area contributed by atoms with Crippen LogP contribution in [0.25, 0.3) is 6.08 Å². The largest absolute Gasteiger partial charge is 0.354 e. The van der Waals surface area contributed by atoms with Gasteiger partial charge in [0.25, 0.3) is 11.8 Å². The first kappa shape index (κ1) is 15.4. The van der Waals surface area contributed by atoms with E-state index < -0.39 is 11.8 Å². The van der Waals surface area contributed by atoms with E-state index in [0.717, 1.165) is 0 Å². The first-order chi connectivity index (χ1) is 10.6. The average Bonchev–Trinajstić information content (AvgIpc) is 2.56. The fraction of sp³-hybridized carbons (Fsp3) is 0.0588. The molecule has 2 amide bonds. The van der Waals surface area contributed by atoms with E-state index in [4.69, 9.17) is 0 Å². The van der Waals surface area contributed by atoms with Crippen LogP contribution in [-0.2, 0) is 4.79 Å². The highest BCUT2D eigenvalue weighted by Crippen LogP contribution is 2.08. The van der Waals surface area contributed by atoms with Crippen molar-refractivity contribution in [2.45, 2.75) is 0 Å². The molecule has 112 valence electrons. The van der Waals surface area contributed by atoms with E-state index in [-0.39, 0.29) is 11.5 Å². The van der Waals surface area contributed by atoms with Gasteiger partial charge in [0.15, 0.2) is 0 Å². The van der Waals surface area contributed by atoms with Crippen LogP contribution < -0.4 is 10.6 Å². The normalized spacial score (nSPS) is 10.9. The van der Waals surface area contributed by atoms with E-state index >= 15 is 0 Å². The van der Waals surface area contributed by atoms with Crippen molar-refractivity contribution in [1.29, 1.82) is 0 Å². The van der Waals surface area contributed by atoms with Crippen molar-refractivity contribution < 1.29 is 14.0 Å². The summed E-state index contributed by atoms with van der Waals surface area (Å²) in [5.74, 6) is -1.20. The number of amides is 2. The second kappa shape index (κ2) is 7.17. The van der Waals surface area contributed by atoms with Gasteiger partial charge < -0.3 is 10.6 Å². The van der Waals surface area contributed by atoms with E-state index in [2.05, 4.69) is 10.6 Å². The third kappa shape index (κ3) is 4.02. The summed E-state index contributed by atoms with van der Waals surface area (Å²) in [5, 5.41) is 5.02. The zero-order valence-electron chi connectivity index (χ0n) is 12.0. The number of benzene rings is 2. The maximum absolute atomic E-state index is 12.9. The molecule has 0 heterocycles. The minimum Gasteiger partial charge on any atom is -0.354 e. The summed E-state index contributed by atoms with van der Waals surface area (Å²) in [7, 11) is 1.47. The van der Waals surface area contributed by atoms with Crippen molar-refractivity contribution in [3.8, 4) is 0 Å². The Labute approximate surface area is 127 Å². The van der Waals surface area contributed by atoms with E-state index in [1.165, 1.54) is 37.4 Å². The van der Waals surface area contributed by atoms with Gasteiger partial charge in [0.1, 0.15) is 11.5 Å². The average molecular weight is 298 g/mol. The van der Waals surface area contributed by atoms with Crippen LogP contribution >= 0.6 is 0 Å². The van der Waals surface area contributed by atoms with Gasteiger partial charge in [0.05, 0.1) is 0 Å². The smallest absolute Gasteiger partial charge is 0.267 e. The van der Waals surface area contributed by atoms with Crippen molar-refractivity contribution in [2.75, 3.05) is 7.05 Å². The van der Waals surface area contributed by atoms with E-state index in [1.807, 2.05) is 0 Å². The first-order valence-electron chi connectivity index (χ1n) is 6.66. The van der Waals surface area contributed by atoms with E-state index in [0.29, 0.717) is 11.1 Å². The lowest BCUT2D eigenvalue weighted by molar-refractivity contribution is -0.117. The molecule has 0 aliphatic rings. The Morgan fingerprint density at radius 2 is 1.64 bits per heavy atom. The minimum atomic E-state index is -0.436. The lowest BCUT2D eigenvalue weighted by Crippen LogP contribution is -2.33. The van der Waals surface area contributed by atoms with Crippen molar-refractivity contribution in [3.63, 3.8) is 0 Å². The number of hydrogen-bond acceptors (Lipinski definition) is 2. The molecule has 2 aromatic rings. The molecule has 2 aromatic carbocycles. The summed E-state index contributed by atoms with van der Waals surface area (Å²) in [4.78, 5) is 24.0. The minimum absolute atomic E-state index is 0.0861. The van der Waals surface area contributed by atoms with E-state index in [9.17, 15) is 14.0 Å². The molecule has 0 saturated carbocycles. The van der Waals surface area contributed by atoms with Crippen LogP contribution in [0.2, 0.25) is 0 Å². The highest BCUT2D eigenvalue weighted by Gasteiger charge is 2.13. The SMILES string of the molecule is CNC(=O)/C(=C\c1ccc(F)cc1)NC(=O)c1ccccc1. The zero-order valence-corrected chi connectivity index (χ0v) is 12.0. The predicted octanol–water partition coefficient (Wildman–Crippen LogP) is 2.34. The summed E-state index contributed by atoms with van der Waals surface area (Å²) in [6.45, 7) is 0. The lowest BCUT2D eigenvalue weighted by Gasteiger charge is -2.09. The Kier molecular flexibility index (Phi) is 5.03. The Bertz CT molecular complexity index is 694. The number of hydrogen-bond donors (Lipinski definition) is 2. The van der Waals surface area contributed by atoms with Gasteiger partial charge in [-0.15, -0.1) is 0 Å². The number of carbonyl (C=O) groups excluding carboxylic acids is 2. The molecule has 0 aliphatic carbocycles. The van der Waals surface area contributed by atoms with Gasteiger partial charge in [-0.05, 0) is 35.9 Å². The monoisotopic (exact) mass is 298 g/mol. The molecule has 0 atom stereocenters. The van der Waals surface area contributed by atoms with Crippen molar-refractivity contribution in [2.24, 2.45) is 0 Å². The molecule has 0 fully saturated rings. The molecular weight excluding hydrogens is 283 g/mol. The van der Waals surface area contributed by atoms with Crippen LogP contribution in [0.4, 0.5) is 4.39 Å². The summed E-state index contributed by atoms with van der Waals surface area (Å²) in [6.07, 6.45) is 1.49. The fourth-order valence-electron chi connectivity index (χ4n) is 1.80. The topological polar surface area (TPSA) is 58.2 Å². The van der Waals surface area contributed by atoms with Crippen molar-refractivity contribution in [3.05, 3.63) is 77.2 Å². The third-order valence-corrected chi connectivity index (χ3v) is 2.94. The fourth-order valence-corrected chi connectivity index (χ4v) is 1.80. The zero-order chi connectivity index (χ0) is 15.9. The molecule has 0 bridgehead atoms. The van der Waals surface area contributed by atoms with Crippen LogP contribution in [0.1, 0.15) is 15.9 Å². The predicted molar refractivity (Wildman–Crippen MR) is 82.4 cm³/mol. The van der Waals surface area contributed by atoms with Crippen molar-refractivity contribution in [1.82, 2.24) is 10.6 Å². The lowest BCUT2D eigenvalue weighted by atomic mass is 10.1. The number of halogens is 1. The highest BCUT2D eigenvalue weighted by atomic mass is 19.1. The molecule has 22 heavy (non-hydrogen) atoms. The van der Waals surface area contributed by atoms with E-state index in [1.54, 1.807) is 30.3 Å². The second-order valence-electron chi connectivity index (χ2n) is 4.51. The van der Waals surface area contributed by atoms with Gasteiger partial charge in [-0.25, -0.2) is 4.39 Å². The maximum Gasteiger partial charge on any atom is 0.267 e. The van der Waals surface area contributed by atoms with Crippen LogP contribution in [-0.4, -0.2) is 18.9 Å². The van der Waals surface area contributed by atoms with Gasteiger partial charge in [0, 0.05) is 12.6 Å². The molecular formula is C17H15FN2O2. The van der Waals surface area contributed by atoms with Crippen LogP contribution in [0.15, 0.2) is 60.3 Å². The second-order valence-corrected chi connectivity index (χ2v) is 4.51. The first-order valence-corrected chi connectivity index (χ1v) is 6.66. The molecule has 2 N–H and O–H groups in total. The van der Waals surface area contributed by atoms with Crippen LogP contribution in [0, 0.1) is 5.82 Å². The third-order valence-electron chi connectivity index (χ3n) is 2.94. The quantitative estimate of drug-likeness (QED) is 0.851.